The van der Waals surface area contributed by atoms with Crippen molar-refractivity contribution in [1.82, 2.24) is 4.57 Å². The number of nitrogens with zero attached hydrogens (tertiary/aromatic N) is 1. The van der Waals surface area contributed by atoms with Gasteiger partial charge >= 0.3 is 0 Å². The Kier molecular flexibility index (Phi) is 3.87. The van der Waals surface area contributed by atoms with Crippen molar-refractivity contribution >= 4 is 21.8 Å². The number of hydrogen-bond acceptors (Lipinski definition) is 0. The van der Waals surface area contributed by atoms with Crippen molar-refractivity contribution in [3.05, 3.63) is 47.5 Å². The maximum atomic E-state index is 2.51. The Morgan fingerprint density at radius 1 is 0.560 bits per heavy atom. The van der Waals surface area contributed by atoms with E-state index in [0.29, 0.717) is 0 Å². The lowest BCUT2D eigenvalue weighted by Crippen LogP contribution is -2.21. The predicted molar refractivity (Wildman–Crippen MR) is 112 cm³/mol. The van der Waals surface area contributed by atoms with Crippen LogP contribution in [0.3, 0.4) is 0 Å². The first-order chi connectivity index (χ1) is 11.3. The lowest BCUT2D eigenvalue weighted by molar-refractivity contribution is 0.423. The van der Waals surface area contributed by atoms with E-state index >= 15 is 0 Å². The van der Waals surface area contributed by atoms with Crippen molar-refractivity contribution in [3.8, 4) is 0 Å². The highest BCUT2D eigenvalue weighted by Gasteiger charge is 2.24. The summed E-state index contributed by atoms with van der Waals surface area (Å²) in [7, 11) is 0. The smallest absolute Gasteiger partial charge is 0.0499 e. The number of hydrogen-bond donors (Lipinski definition) is 0. The first-order valence-corrected chi connectivity index (χ1v) is 9.40. The molecule has 1 nitrogen and oxygen atoms in total. The van der Waals surface area contributed by atoms with Crippen LogP contribution in [0.25, 0.3) is 21.8 Å². The molecule has 0 atom stereocenters. The zero-order valence-electron chi connectivity index (χ0n) is 17.4. The molecule has 0 aliphatic heterocycles. The summed E-state index contributed by atoms with van der Waals surface area (Å²) in [6.45, 7) is 20.6. The summed E-state index contributed by atoms with van der Waals surface area (Å²) in [4.78, 5) is 0. The molecule has 1 heteroatoms. The van der Waals surface area contributed by atoms with Gasteiger partial charge in [-0.15, -0.1) is 0 Å². The molecule has 1 heterocycles. The van der Waals surface area contributed by atoms with Gasteiger partial charge in [0.1, 0.15) is 0 Å². The van der Waals surface area contributed by atoms with E-state index in [-0.39, 0.29) is 16.4 Å². The Morgan fingerprint density at radius 3 is 1.60 bits per heavy atom. The Labute approximate surface area is 153 Å². The van der Waals surface area contributed by atoms with E-state index < -0.39 is 0 Å². The van der Waals surface area contributed by atoms with Crippen LogP contribution in [0.2, 0.25) is 0 Å². The highest BCUT2D eigenvalue weighted by atomic mass is 15.0. The van der Waals surface area contributed by atoms with Crippen LogP contribution in [0.4, 0.5) is 0 Å². The molecule has 25 heavy (non-hydrogen) atoms. The van der Waals surface area contributed by atoms with Crippen molar-refractivity contribution < 1.29 is 0 Å². The van der Waals surface area contributed by atoms with Crippen molar-refractivity contribution in [3.63, 3.8) is 0 Å². The van der Waals surface area contributed by atoms with Gasteiger partial charge in [0.15, 0.2) is 0 Å². The Balaban J connectivity index is 2.45. The molecule has 2 aromatic carbocycles. The van der Waals surface area contributed by atoms with Gasteiger partial charge in [-0.2, -0.15) is 0 Å². The molecule has 134 valence electrons. The molecule has 1 aromatic heterocycles. The van der Waals surface area contributed by atoms with E-state index in [1.807, 2.05) is 0 Å². The van der Waals surface area contributed by atoms with E-state index in [4.69, 9.17) is 0 Å². The summed E-state index contributed by atoms with van der Waals surface area (Å²) in [5, 5.41) is 2.74. The van der Waals surface area contributed by atoms with Gasteiger partial charge in [0.05, 0.1) is 0 Å². The second-order valence-electron chi connectivity index (χ2n) is 10.5. The van der Waals surface area contributed by atoms with Gasteiger partial charge in [-0.1, -0.05) is 59.7 Å². The third-order valence-corrected chi connectivity index (χ3v) is 5.17. The van der Waals surface area contributed by atoms with Gasteiger partial charge in [-0.05, 0) is 60.9 Å². The second kappa shape index (κ2) is 5.37. The van der Waals surface area contributed by atoms with Gasteiger partial charge in [0.2, 0.25) is 0 Å². The van der Waals surface area contributed by atoms with Crippen molar-refractivity contribution in [2.24, 2.45) is 0 Å². The number of aromatic nitrogens is 1. The molecule has 0 aliphatic carbocycles. The highest BCUT2D eigenvalue weighted by molar-refractivity contribution is 6.08. The molecule has 0 radical (unpaired) electrons. The first kappa shape index (κ1) is 18.0. The minimum absolute atomic E-state index is 0.0414. The van der Waals surface area contributed by atoms with E-state index in [1.165, 1.54) is 32.9 Å². The Hall–Kier alpha value is -1.76. The predicted octanol–water partition coefficient (Wildman–Crippen LogP) is 7.14. The molecule has 3 aromatic rings. The maximum Gasteiger partial charge on any atom is 0.0499 e. The Morgan fingerprint density at radius 2 is 1.08 bits per heavy atom. The molecule has 0 spiro atoms. The molecule has 0 N–H and O–H groups in total. The zero-order valence-corrected chi connectivity index (χ0v) is 17.4. The average molecular weight is 336 g/mol. The third kappa shape index (κ3) is 3.10. The minimum atomic E-state index is 0.0414. The minimum Gasteiger partial charge on any atom is -0.335 e. The van der Waals surface area contributed by atoms with Gasteiger partial charge in [0.25, 0.3) is 0 Å². The van der Waals surface area contributed by atoms with Crippen LogP contribution in [0.15, 0.2) is 36.4 Å². The molecule has 0 saturated carbocycles. The van der Waals surface area contributed by atoms with Crippen LogP contribution < -0.4 is 0 Å². The van der Waals surface area contributed by atoms with E-state index in [2.05, 4.69) is 103 Å². The largest absolute Gasteiger partial charge is 0.335 e. The summed E-state index contributed by atoms with van der Waals surface area (Å²) in [5.41, 5.74) is 5.83. The molecule has 0 bridgehead atoms. The van der Waals surface area contributed by atoms with Crippen LogP contribution in [-0.4, -0.2) is 4.57 Å². The van der Waals surface area contributed by atoms with Crippen molar-refractivity contribution in [2.75, 3.05) is 0 Å². The molecular weight excluding hydrogens is 302 g/mol. The molecule has 3 rings (SSSR count). The third-order valence-electron chi connectivity index (χ3n) is 5.17. The lowest BCUT2D eigenvalue weighted by atomic mass is 9.85. The number of fused-ring (bicyclic) bond motifs is 3. The molecule has 0 saturated heterocycles. The van der Waals surface area contributed by atoms with E-state index in [0.717, 1.165) is 0 Å². The molecule has 0 unspecified atom stereocenters. The summed E-state index contributed by atoms with van der Waals surface area (Å²) in [6, 6.07) is 14.0. The fourth-order valence-electron chi connectivity index (χ4n) is 3.68. The molecule has 0 aliphatic rings. The maximum absolute atomic E-state index is 2.51. The van der Waals surface area contributed by atoms with Crippen molar-refractivity contribution in [1.29, 1.82) is 0 Å². The zero-order chi connectivity index (χ0) is 18.8. The first-order valence-electron chi connectivity index (χ1n) is 9.40. The summed E-state index contributed by atoms with van der Waals surface area (Å²) in [5.74, 6) is 0. The summed E-state index contributed by atoms with van der Waals surface area (Å²) in [6.07, 6.45) is 0. The lowest BCUT2D eigenvalue weighted by Gasteiger charge is -2.26. The van der Waals surface area contributed by atoms with Gasteiger partial charge in [0, 0.05) is 27.3 Å². The molecule has 0 fully saturated rings. The Bertz CT molecular complexity index is 935. The fraction of sp³-hybridized carbons (Fsp3) is 0.500. The highest BCUT2D eigenvalue weighted by Crippen LogP contribution is 2.38. The molecular formula is C24H33N. The van der Waals surface area contributed by atoms with Crippen LogP contribution >= 0.6 is 0 Å². The van der Waals surface area contributed by atoms with Crippen molar-refractivity contribution in [2.45, 2.75) is 78.7 Å². The van der Waals surface area contributed by atoms with Crippen LogP contribution in [-0.2, 0) is 16.4 Å². The van der Waals surface area contributed by atoms with E-state index in [9.17, 15) is 0 Å². The topological polar surface area (TPSA) is 4.93 Å². The number of benzene rings is 2. The average Bonchev–Trinajstić information content (AvgIpc) is 2.77. The van der Waals surface area contributed by atoms with Crippen LogP contribution in [0.1, 0.15) is 73.4 Å². The van der Waals surface area contributed by atoms with Gasteiger partial charge in [-0.3, -0.25) is 0 Å². The summed E-state index contributed by atoms with van der Waals surface area (Å²) < 4.78 is 2.51. The monoisotopic (exact) mass is 335 g/mol. The standard InChI is InChI=1S/C24H33N/c1-22(2,3)16-11-13-20-19(14-16)18-12-10-17(23(4,5)6)15-21(18)25(20)24(7,8)9/h10-15H,1-9H3. The van der Waals surface area contributed by atoms with Gasteiger partial charge < -0.3 is 4.57 Å². The fourth-order valence-corrected chi connectivity index (χ4v) is 3.68. The summed E-state index contributed by atoms with van der Waals surface area (Å²) >= 11 is 0. The van der Waals surface area contributed by atoms with E-state index in [1.54, 1.807) is 0 Å². The quantitative estimate of drug-likeness (QED) is 0.411. The van der Waals surface area contributed by atoms with Crippen LogP contribution in [0, 0.1) is 0 Å². The SMILES string of the molecule is CC(C)(C)c1ccc2c(c1)c1ccc(C(C)(C)C)cc1n2C(C)(C)C. The van der Waals surface area contributed by atoms with Gasteiger partial charge in [-0.25, -0.2) is 0 Å². The second-order valence-corrected chi connectivity index (χ2v) is 10.5. The molecule has 0 amide bonds. The normalized spacial score (nSPS) is 13.8. The van der Waals surface area contributed by atoms with Crippen LogP contribution in [0.5, 0.6) is 0 Å². The number of rotatable bonds is 0.